The first-order chi connectivity index (χ1) is 13.0. The monoisotopic (exact) mass is 370 g/mol. The highest BCUT2D eigenvalue weighted by Gasteiger charge is 2.12. The molecule has 9 nitrogen and oxygen atoms in total. The van der Waals surface area contributed by atoms with Gasteiger partial charge in [-0.15, -0.1) is 10.2 Å². The predicted octanol–water partition coefficient (Wildman–Crippen LogP) is 1.86. The molecule has 140 valence electrons. The Morgan fingerprint density at radius 2 is 2.00 bits per heavy atom. The van der Waals surface area contributed by atoms with E-state index >= 15 is 0 Å². The summed E-state index contributed by atoms with van der Waals surface area (Å²) in [6, 6.07) is 7.94. The summed E-state index contributed by atoms with van der Waals surface area (Å²) in [6.45, 7) is 1.47. The summed E-state index contributed by atoms with van der Waals surface area (Å²) in [7, 11) is 3.02. The Kier molecular flexibility index (Phi) is 5.20. The maximum absolute atomic E-state index is 12.4. The van der Waals surface area contributed by atoms with Gasteiger partial charge in [-0.05, 0) is 18.2 Å². The van der Waals surface area contributed by atoms with E-state index in [1.54, 1.807) is 31.2 Å². The van der Waals surface area contributed by atoms with Gasteiger partial charge in [-0.25, -0.2) is 0 Å². The Morgan fingerprint density at radius 3 is 2.67 bits per heavy atom. The molecule has 0 aliphatic carbocycles. The summed E-state index contributed by atoms with van der Waals surface area (Å²) in [6.07, 6.45) is 1.50. The molecule has 0 aliphatic heterocycles. The zero-order valence-electron chi connectivity index (χ0n) is 15.1. The number of nitrogens with zero attached hydrogens (tertiary/aromatic N) is 3. The summed E-state index contributed by atoms with van der Waals surface area (Å²) >= 11 is 0. The number of anilines is 1. The number of rotatable bonds is 6. The number of carbonyl (C=O) groups is 1. The van der Waals surface area contributed by atoms with Crippen LogP contribution in [0.15, 0.2) is 45.7 Å². The number of hydrogen-bond acceptors (Lipinski definition) is 7. The lowest BCUT2D eigenvalue weighted by Crippen LogP contribution is -2.27. The first-order valence-corrected chi connectivity index (χ1v) is 8.03. The Morgan fingerprint density at radius 1 is 1.19 bits per heavy atom. The number of aromatic nitrogens is 3. The molecule has 9 heteroatoms. The molecule has 3 aromatic rings. The van der Waals surface area contributed by atoms with Crippen LogP contribution >= 0.6 is 0 Å². The third-order valence-electron chi connectivity index (χ3n) is 3.75. The van der Waals surface area contributed by atoms with Crippen LogP contribution in [0.2, 0.25) is 0 Å². The van der Waals surface area contributed by atoms with Gasteiger partial charge in [-0.3, -0.25) is 9.59 Å². The second-order valence-electron chi connectivity index (χ2n) is 5.62. The highest BCUT2D eigenvalue weighted by molar-refractivity contribution is 5.92. The van der Waals surface area contributed by atoms with Gasteiger partial charge in [-0.2, -0.15) is 0 Å². The lowest BCUT2D eigenvalue weighted by atomic mass is 10.2. The smallest absolute Gasteiger partial charge is 0.251 e. The van der Waals surface area contributed by atoms with Crippen LogP contribution in [-0.2, 0) is 11.3 Å². The predicted molar refractivity (Wildman–Crippen MR) is 96.9 cm³/mol. The number of nitrogens with one attached hydrogen (secondary N) is 1. The molecule has 0 atom stereocenters. The molecule has 0 fully saturated rings. The van der Waals surface area contributed by atoms with Crippen molar-refractivity contribution in [3.05, 3.63) is 52.8 Å². The van der Waals surface area contributed by atoms with Gasteiger partial charge in [0.15, 0.2) is 0 Å². The number of ether oxygens (including phenoxy) is 2. The molecule has 27 heavy (non-hydrogen) atoms. The van der Waals surface area contributed by atoms with E-state index in [2.05, 4.69) is 15.5 Å². The number of benzene rings is 1. The maximum atomic E-state index is 12.4. The third kappa shape index (κ3) is 4.14. The standard InChI is InChI=1S/C18H18N4O5/c1-11-20-21-18(27-11)12-4-7-17(24)22(9-12)10-16(23)19-14-8-13(25-2)5-6-15(14)26-3/h4-9H,10H2,1-3H3,(H,19,23). The minimum Gasteiger partial charge on any atom is -0.497 e. The molecule has 0 saturated heterocycles. The molecule has 2 heterocycles. The van der Waals surface area contributed by atoms with E-state index in [0.29, 0.717) is 28.6 Å². The van der Waals surface area contributed by atoms with Gasteiger partial charge in [0.1, 0.15) is 18.0 Å². The number of pyridine rings is 1. The van der Waals surface area contributed by atoms with Crippen molar-refractivity contribution in [1.82, 2.24) is 14.8 Å². The second-order valence-corrected chi connectivity index (χ2v) is 5.62. The van der Waals surface area contributed by atoms with Gasteiger partial charge in [0.2, 0.25) is 17.7 Å². The quantitative estimate of drug-likeness (QED) is 0.705. The number of hydrogen-bond donors (Lipinski definition) is 1. The SMILES string of the molecule is COc1ccc(OC)c(NC(=O)Cn2cc(-c3nnc(C)o3)ccc2=O)c1. The van der Waals surface area contributed by atoms with Crippen LogP contribution in [0.5, 0.6) is 11.5 Å². The molecular formula is C18H18N4O5. The summed E-state index contributed by atoms with van der Waals surface area (Å²) in [5.41, 5.74) is 0.656. The van der Waals surface area contributed by atoms with Crippen LogP contribution in [0.4, 0.5) is 5.69 Å². The highest BCUT2D eigenvalue weighted by atomic mass is 16.5. The van der Waals surface area contributed by atoms with Crippen molar-refractivity contribution in [2.24, 2.45) is 0 Å². The molecular weight excluding hydrogens is 352 g/mol. The van der Waals surface area contributed by atoms with Crippen LogP contribution in [0.25, 0.3) is 11.5 Å². The molecule has 0 radical (unpaired) electrons. The Labute approximate surface area is 154 Å². The van der Waals surface area contributed by atoms with E-state index in [9.17, 15) is 9.59 Å². The van der Waals surface area contributed by atoms with E-state index < -0.39 is 5.91 Å². The molecule has 0 saturated carbocycles. The van der Waals surface area contributed by atoms with Gasteiger partial charge in [-0.1, -0.05) is 0 Å². The van der Waals surface area contributed by atoms with Crippen molar-refractivity contribution >= 4 is 11.6 Å². The fourth-order valence-corrected chi connectivity index (χ4v) is 2.45. The lowest BCUT2D eigenvalue weighted by molar-refractivity contribution is -0.116. The zero-order valence-corrected chi connectivity index (χ0v) is 15.1. The molecule has 3 rings (SSSR count). The number of methoxy groups -OCH3 is 2. The topological polar surface area (TPSA) is 108 Å². The number of amides is 1. The van der Waals surface area contributed by atoms with Gasteiger partial charge < -0.3 is 23.8 Å². The van der Waals surface area contributed by atoms with Gasteiger partial charge in [0.25, 0.3) is 5.56 Å². The number of carbonyl (C=O) groups excluding carboxylic acids is 1. The van der Waals surface area contributed by atoms with E-state index in [1.165, 1.54) is 31.0 Å². The summed E-state index contributed by atoms with van der Waals surface area (Å²) in [4.78, 5) is 24.5. The largest absolute Gasteiger partial charge is 0.497 e. The number of aryl methyl sites for hydroxylation is 1. The van der Waals surface area contributed by atoms with Crippen LogP contribution < -0.4 is 20.3 Å². The fraction of sp³-hybridized carbons (Fsp3) is 0.222. The Bertz CT molecular complexity index is 1020. The van der Waals surface area contributed by atoms with E-state index in [4.69, 9.17) is 13.9 Å². The van der Waals surface area contributed by atoms with Gasteiger partial charge in [0, 0.05) is 25.3 Å². The average Bonchev–Trinajstić information content (AvgIpc) is 3.09. The van der Waals surface area contributed by atoms with Gasteiger partial charge >= 0.3 is 0 Å². The summed E-state index contributed by atoms with van der Waals surface area (Å²) < 4.78 is 17.0. The van der Waals surface area contributed by atoms with Gasteiger partial charge in [0.05, 0.1) is 25.5 Å². The highest BCUT2D eigenvalue weighted by Crippen LogP contribution is 2.28. The molecule has 1 N–H and O–H groups in total. The normalized spacial score (nSPS) is 10.5. The van der Waals surface area contributed by atoms with E-state index in [-0.39, 0.29) is 18.0 Å². The molecule has 1 amide bonds. The van der Waals surface area contributed by atoms with Crippen LogP contribution in [0.1, 0.15) is 5.89 Å². The molecule has 0 aliphatic rings. The molecule has 2 aromatic heterocycles. The van der Waals surface area contributed by atoms with Crippen molar-refractivity contribution in [3.63, 3.8) is 0 Å². The third-order valence-corrected chi connectivity index (χ3v) is 3.75. The van der Waals surface area contributed by atoms with Crippen molar-refractivity contribution in [3.8, 4) is 23.0 Å². The molecule has 0 spiro atoms. The van der Waals surface area contributed by atoms with Crippen LogP contribution in [0, 0.1) is 6.92 Å². The van der Waals surface area contributed by atoms with E-state index in [1.807, 2.05) is 0 Å². The van der Waals surface area contributed by atoms with Crippen LogP contribution in [-0.4, -0.2) is 34.9 Å². The second kappa shape index (κ2) is 7.73. The minimum atomic E-state index is -0.400. The Hall–Kier alpha value is -3.62. The van der Waals surface area contributed by atoms with Crippen molar-refractivity contribution in [2.45, 2.75) is 13.5 Å². The van der Waals surface area contributed by atoms with E-state index in [0.717, 1.165) is 0 Å². The zero-order chi connectivity index (χ0) is 19.4. The molecule has 0 bridgehead atoms. The first-order valence-electron chi connectivity index (χ1n) is 8.03. The van der Waals surface area contributed by atoms with Crippen molar-refractivity contribution in [1.29, 1.82) is 0 Å². The molecule has 0 unspecified atom stereocenters. The lowest BCUT2D eigenvalue weighted by Gasteiger charge is -2.12. The van der Waals surface area contributed by atoms with Crippen LogP contribution in [0.3, 0.4) is 0 Å². The minimum absolute atomic E-state index is 0.194. The first kappa shape index (κ1) is 18.2. The van der Waals surface area contributed by atoms with Crippen molar-refractivity contribution < 1.29 is 18.7 Å². The fourth-order valence-electron chi connectivity index (χ4n) is 2.45. The van der Waals surface area contributed by atoms with Crippen molar-refractivity contribution in [2.75, 3.05) is 19.5 Å². The average molecular weight is 370 g/mol. The Balaban J connectivity index is 1.81. The maximum Gasteiger partial charge on any atom is 0.251 e. The summed E-state index contributed by atoms with van der Waals surface area (Å²) in [5, 5.41) is 10.4. The summed E-state index contributed by atoms with van der Waals surface area (Å²) in [5.74, 6) is 1.33. The molecule has 1 aromatic carbocycles.